The molecule has 19 heavy (non-hydrogen) atoms. The van der Waals surface area contributed by atoms with Crippen molar-refractivity contribution < 1.29 is 14.2 Å². The number of aliphatic hydroxyl groups is 1. The molecule has 0 heterocycles. The van der Waals surface area contributed by atoms with E-state index < -0.39 is 0 Å². The van der Waals surface area contributed by atoms with Gasteiger partial charge in [-0.1, -0.05) is 31.3 Å². The average Bonchev–Trinajstić information content (AvgIpc) is 2.40. The van der Waals surface area contributed by atoms with Crippen LogP contribution in [0.2, 0.25) is 0 Å². The zero-order valence-electron chi connectivity index (χ0n) is 11.6. The second kappa shape index (κ2) is 8.68. The highest BCUT2D eigenvalue weighted by atomic mass is 19.1. The molecular formula is C16H21FO2. The molecule has 0 aromatic heterocycles. The van der Waals surface area contributed by atoms with Crippen LogP contribution in [-0.4, -0.2) is 17.8 Å². The Labute approximate surface area is 114 Å². The minimum atomic E-state index is -0.337. The zero-order chi connectivity index (χ0) is 14.1. The SMILES string of the molecule is CCCC(C)OCc1ccc(F)c(C#CCCO)c1. The predicted molar refractivity (Wildman–Crippen MR) is 74.1 cm³/mol. The number of benzene rings is 1. The second-order valence-electron chi connectivity index (χ2n) is 4.50. The number of rotatable bonds is 6. The van der Waals surface area contributed by atoms with Crippen molar-refractivity contribution in [2.45, 2.75) is 45.8 Å². The van der Waals surface area contributed by atoms with Gasteiger partial charge in [-0.2, -0.15) is 0 Å². The standard InChI is InChI=1S/C16H21FO2/c1-3-6-13(2)19-12-14-8-9-16(17)15(11-14)7-4-5-10-18/h8-9,11,13,18H,3,5-6,10,12H2,1-2H3. The van der Waals surface area contributed by atoms with Gasteiger partial charge in [0.1, 0.15) is 5.82 Å². The molecule has 0 aliphatic carbocycles. The maximum absolute atomic E-state index is 13.5. The van der Waals surface area contributed by atoms with Gasteiger partial charge in [-0.05, 0) is 31.0 Å². The molecule has 0 amide bonds. The van der Waals surface area contributed by atoms with E-state index in [0.717, 1.165) is 18.4 Å². The molecule has 1 aromatic rings. The Bertz CT molecular complexity index is 446. The van der Waals surface area contributed by atoms with E-state index in [1.807, 2.05) is 6.92 Å². The number of aliphatic hydroxyl groups excluding tert-OH is 1. The van der Waals surface area contributed by atoms with E-state index in [9.17, 15) is 4.39 Å². The van der Waals surface area contributed by atoms with Gasteiger partial charge in [-0.3, -0.25) is 0 Å². The van der Waals surface area contributed by atoms with Crippen molar-refractivity contribution in [1.82, 2.24) is 0 Å². The van der Waals surface area contributed by atoms with Gasteiger partial charge in [0.25, 0.3) is 0 Å². The van der Waals surface area contributed by atoms with Crippen LogP contribution in [0.5, 0.6) is 0 Å². The molecule has 1 N–H and O–H groups in total. The molecule has 3 heteroatoms. The van der Waals surface area contributed by atoms with Crippen LogP contribution >= 0.6 is 0 Å². The lowest BCUT2D eigenvalue weighted by Gasteiger charge is -2.12. The first-order valence-electron chi connectivity index (χ1n) is 6.67. The lowest BCUT2D eigenvalue weighted by atomic mass is 10.1. The molecule has 0 fully saturated rings. The number of hydrogen-bond donors (Lipinski definition) is 1. The summed E-state index contributed by atoms with van der Waals surface area (Å²) in [4.78, 5) is 0. The molecule has 1 unspecified atom stereocenters. The molecule has 2 nitrogen and oxygen atoms in total. The van der Waals surface area contributed by atoms with Gasteiger partial charge < -0.3 is 9.84 Å². The molecule has 0 bridgehead atoms. The van der Waals surface area contributed by atoms with Crippen LogP contribution in [-0.2, 0) is 11.3 Å². The Morgan fingerprint density at radius 2 is 2.21 bits per heavy atom. The normalized spacial score (nSPS) is 11.8. The van der Waals surface area contributed by atoms with E-state index >= 15 is 0 Å². The fraction of sp³-hybridized carbons (Fsp3) is 0.500. The van der Waals surface area contributed by atoms with Crippen molar-refractivity contribution in [3.8, 4) is 11.8 Å². The Balaban J connectivity index is 2.66. The largest absolute Gasteiger partial charge is 0.395 e. The first-order chi connectivity index (χ1) is 9.17. The van der Waals surface area contributed by atoms with E-state index in [4.69, 9.17) is 9.84 Å². The Kier molecular flexibility index (Phi) is 7.17. The maximum Gasteiger partial charge on any atom is 0.138 e. The molecule has 0 aliphatic heterocycles. The summed E-state index contributed by atoms with van der Waals surface area (Å²) in [6.45, 7) is 4.61. The van der Waals surface area contributed by atoms with Crippen LogP contribution in [0.3, 0.4) is 0 Å². The molecule has 0 aliphatic rings. The molecule has 0 saturated heterocycles. The third kappa shape index (κ3) is 5.87. The lowest BCUT2D eigenvalue weighted by Crippen LogP contribution is -2.07. The van der Waals surface area contributed by atoms with E-state index in [0.29, 0.717) is 18.6 Å². The van der Waals surface area contributed by atoms with Crippen LogP contribution in [0.15, 0.2) is 18.2 Å². The van der Waals surface area contributed by atoms with Crippen LogP contribution in [0.4, 0.5) is 4.39 Å². The Hall–Kier alpha value is -1.37. The number of ether oxygens (including phenoxy) is 1. The molecule has 104 valence electrons. The topological polar surface area (TPSA) is 29.5 Å². The minimum Gasteiger partial charge on any atom is -0.395 e. The van der Waals surface area contributed by atoms with Crippen molar-refractivity contribution in [1.29, 1.82) is 0 Å². The Morgan fingerprint density at radius 3 is 2.89 bits per heavy atom. The van der Waals surface area contributed by atoms with Crippen molar-refractivity contribution in [2.75, 3.05) is 6.61 Å². The van der Waals surface area contributed by atoms with Crippen molar-refractivity contribution >= 4 is 0 Å². The van der Waals surface area contributed by atoms with Crippen molar-refractivity contribution in [3.63, 3.8) is 0 Å². The summed E-state index contributed by atoms with van der Waals surface area (Å²) in [6.07, 6.45) is 2.67. The van der Waals surface area contributed by atoms with Gasteiger partial charge in [0.05, 0.1) is 24.9 Å². The summed E-state index contributed by atoms with van der Waals surface area (Å²) in [6, 6.07) is 4.83. The van der Waals surface area contributed by atoms with E-state index in [1.165, 1.54) is 6.07 Å². The molecule has 1 aromatic carbocycles. The highest BCUT2D eigenvalue weighted by Gasteiger charge is 2.04. The molecule has 0 saturated carbocycles. The number of hydrogen-bond acceptors (Lipinski definition) is 2. The molecule has 1 atom stereocenters. The fourth-order valence-corrected chi connectivity index (χ4v) is 1.70. The summed E-state index contributed by atoms with van der Waals surface area (Å²) in [5.41, 5.74) is 1.27. The first-order valence-corrected chi connectivity index (χ1v) is 6.67. The minimum absolute atomic E-state index is 0.00798. The predicted octanol–water partition coefficient (Wildman–Crippen LogP) is 3.26. The average molecular weight is 264 g/mol. The maximum atomic E-state index is 13.5. The van der Waals surface area contributed by atoms with Gasteiger partial charge in [0.15, 0.2) is 0 Å². The van der Waals surface area contributed by atoms with Crippen LogP contribution in [0, 0.1) is 17.7 Å². The summed E-state index contributed by atoms with van der Waals surface area (Å²) < 4.78 is 19.2. The summed E-state index contributed by atoms with van der Waals surface area (Å²) in [5, 5.41) is 8.65. The third-order valence-corrected chi connectivity index (χ3v) is 2.72. The first kappa shape index (κ1) is 15.7. The highest BCUT2D eigenvalue weighted by molar-refractivity contribution is 5.38. The van der Waals surface area contributed by atoms with Gasteiger partial charge in [-0.15, -0.1) is 0 Å². The van der Waals surface area contributed by atoms with Gasteiger partial charge in [0.2, 0.25) is 0 Å². The Morgan fingerprint density at radius 1 is 1.42 bits per heavy atom. The molecule has 0 spiro atoms. The van der Waals surface area contributed by atoms with E-state index in [-0.39, 0.29) is 18.5 Å². The van der Waals surface area contributed by atoms with Gasteiger partial charge in [-0.25, -0.2) is 4.39 Å². The third-order valence-electron chi connectivity index (χ3n) is 2.72. The molecule has 0 radical (unpaired) electrons. The van der Waals surface area contributed by atoms with Crippen LogP contribution in [0.25, 0.3) is 0 Å². The monoisotopic (exact) mass is 264 g/mol. The van der Waals surface area contributed by atoms with Gasteiger partial charge >= 0.3 is 0 Å². The second-order valence-corrected chi connectivity index (χ2v) is 4.50. The lowest BCUT2D eigenvalue weighted by molar-refractivity contribution is 0.0471. The van der Waals surface area contributed by atoms with Crippen molar-refractivity contribution in [2.24, 2.45) is 0 Å². The zero-order valence-corrected chi connectivity index (χ0v) is 11.6. The fourth-order valence-electron chi connectivity index (χ4n) is 1.70. The van der Waals surface area contributed by atoms with Crippen LogP contribution < -0.4 is 0 Å². The van der Waals surface area contributed by atoms with E-state index in [1.54, 1.807) is 12.1 Å². The van der Waals surface area contributed by atoms with Crippen LogP contribution in [0.1, 0.15) is 44.2 Å². The number of halogens is 1. The highest BCUT2D eigenvalue weighted by Crippen LogP contribution is 2.12. The summed E-state index contributed by atoms with van der Waals surface area (Å²) in [5.74, 6) is 5.11. The summed E-state index contributed by atoms with van der Waals surface area (Å²) >= 11 is 0. The smallest absolute Gasteiger partial charge is 0.138 e. The quantitative estimate of drug-likeness (QED) is 0.799. The summed E-state index contributed by atoms with van der Waals surface area (Å²) in [7, 11) is 0. The van der Waals surface area contributed by atoms with E-state index in [2.05, 4.69) is 18.8 Å². The molecular weight excluding hydrogens is 243 g/mol. The van der Waals surface area contributed by atoms with Crippen molar-refractivity contribution in [3.05, 3.63) is 35.1 Å². The van der Waals surface area contributed by atoms with Gasteiger partial charge in [0, 0.05) is 6.42 Å². The molecule has 1 rings (SSSR count).